The molecule has 0 aliphatic carbocycles. The molecule has 1 aromatic carbocycles. The molecule has 8 heteroatoms. The lowest BCUT2D eigenvalue weighted by molar-refractivity contribution is 0.246. The highest BCUT2D eigenvalue weighted by Gasteiger charge is 2.25. The number of rotatable bonds is 4. The van der Waals surface area contributed by atoms with Gasteiger partial charge in [0.05, 0.1) is 18.3 Å². The van der Waals surface area contributed by atoms with E-state index in [4.69, 9.17) is 4.74 Å². The largest absolute Gasteiger partial charge is 0.508 e. The molecule has 3 heterocycles. The number of methoxy groups -OCH3 is 1. The Kier molecular flexibility index (Phi) is 5.53. The Labute approximate surface area is 180 Å². The Hall–Kier alpha value is -3.57. The number of hydrogen-bond donors (Lipinski definition) is 1. The van der Waals surface area contributed by atoms with E-state index in [2.05, 4.69) is 20.9 Å². The summed E-state index contributed by atoms with van der Waals surface area (Å²) < 4.78 is 6.76. The van der Waals surface area contributed by atoms with Crippen LogP contribution in [-0.4, -0.2) is 52.8 Å². The molecule has 0 unspecified atom stereocenters. The SMILES string of the molecule is COc1ccc(O)c(CN2CCN(c3c(C#N)c(=O)n(C)c4ccc(C)nc34)CC2)c1. The van der Waals surface area contributed by atoms with Crippen LogP contribution in [0.2, 0.25) is 0 Å². The van der Waals surface area contributed by atoms with Crippen molar-refractivity contribution in [3.63, 3.8) is 0 Å². The number of fused-ring (bicyclic) bond motifs is 1. The monoisotopic (exact) mass is 419 g/mol. The van der Waals surface area contributed by atoms with Crippen LogP contribution < -0.4 is 15.2 Å². The molecule has 0 spiro atoms. The Balaban J connectivity index is 1.62. The van der Waals surface area contributed by atoms with Crippen LogP contribution in [0.3, 0.4) is 0 Å². The average molecular weight is 419 g/mol. The van der Waals surface area contributed by atoms with Crippen molar-refractivity contribution in [3.8, 4) is 17.6 Å². The van der Waals surface area contributed by atoms with Crippen molar-refractivity contribution in [2.45, 2.75) is 13.5 Å². The highest BCUT2D eigenvalue weighted by Crippen LogP contribution is 2.29. The normalized spacial score (nSPS) is 14.6. The molecule has 0 saturated carbocycles. The zero-order chi connectivity index (χ0) is 22.1. The van der Waals surface area contributed by atoms with Crippen molar-refractivity contribution in [3.05, 3.63) is 57.5 Å². The number of piperazine rings is 1. The molecule has 1 N–H and O–H groups in total. The summed E-state index contributed by atoms with van der Waals surface area (Å²) in [6.45, 7) is 5.25. The van der Waals surface area contributed by atoms with E-state index >= 15 is 0 Å². The molecule has 0 atom stereocenters. The second-order valence-corrected chi connectivity index (χ2v) is 7.78. The van der Waals surface area contributed by atoms with Gasteiger partial charge < -0.3 is 19.3 Å². The first-order valence-electron chi connectivity index (χ1n) is 10.2. The van der Waals surface area contributed by atoms with E-state index in [1.165, 1.54) is 4.57 Å². The molecular formula is C23H25N5O3. The van der Waals surface area contributed by atoms with Crippen LogP contribution >= 0.6 is 0 Å². The van der Waals surface area contributed by atoms with Crippen LogP contribution in [0.4, 0.5) is 5.69 Å². The molecule has 1 saturated heterocycles. The van der Waals surface area contributed by atoms with Gasteiger partial charge in [-0.15, -0.1) is 0 Å². The van der Waals surface area contributed by atoms with E-state index in [1.807, 2.05) is 25.1 Å². The Morgan fingerprint density at radius 1 is 1.19 bits per heavy atom. The summed E-state index contributed by atoms with van der Waals surface area (Å²) in [6, 6.07) is 11.1. The van der Waals surface area contributed by atoms with Gasteiger partial charge in [0.1, 0.15) is 28.6 Å². The van der Waals surface area contributed by atoms with Crippen LogP contribution in [0, 0.1) is 18.3 Å². The van der Waals surface area contributed by atoms with Crippen LogP contribution in [0.1, 0.15) is 16.8 Å². The maximum atomic E-state index is 12.8. The summed E-state index contributed by atoms with van der Waals surface area (Å²) in [5.74, 6) is 0.949. The molecule has 1 aliphatic rings. The molecule has 8 nitrogen and oxygen atoms in total. The van der Waals surface area contributed by atoms with Gasteiger partial charge in [-0.05, 0) is 37.3 Å². The van der Waals surface area contributed by atoms with E-state index in [1.54, 1.807) is 26.3 Å². The zero-order valence-electron chi connectivity index (χ0n) is 17.9. The van der Waals surface area contributed by atoms with Gasteiger partial charge in [0, 0.05) is 51.0 Å². The van der Waals surface area contributed by atoms with Gasteiger partial charge in [0.15, 0.2) is 0 Å². The third-order valence-electron chi connectivity index (χ3n) is 5.84. The summed E-state index contributed by atoms with van der Waals surface area (Å²) >= 11 is 0. The van der Waals surface area contributed by atoms with Crippen molar-refractivity contribution in [2.24, 2.45) is 7.05 Å². The molecule has 1 fully saturated rings. The number of nitriles is 1. The summed E-state index contributed by atoms with van der Waals surface area (Å²) in [4.78, 5) is 21.8. The van der Waals surface area contributed by atoms with Crippen LogP contribution in [-0.2, 0) is 13.6 Å². The summed E-state index contributed by atoms with van der Waals surface area (Å²) in [7, 11) is 3.27. The Morgan fingerprint density at radius 2 is 1.94 bits per heavy atom. The van der Waals surface area contributed by atoms with Gasteiger partial charge in [0.2, 0.25) is 0 Å². The van der Waals surface area contributed by atoms with E-state index in [-0.39, 0.29) is 16.9 Å². The minimum absolute atomic E-state index is 0.131. The fourth-order valence-corrected chi connectivity index (χ4v) is 4.09. The second-order valence-electron chi connectivity index (χ2n) is 7.78. The smallest absolute Gasteiger partial charge is 0.270 e. The number of nitrogens with zero attached hydrogens (tertiary/aromatic N) is 5. The molecule has 3 aromatic rings. The number of aromatic hydroxyl groups is 1. The lowest BCUT2D eigenvalue weighted by atomic mass is 10.1. The number of aryl methyl sites for hydroxylation is 2. The van der Waals surface area contributed by atoms with E-state index in [0.29, 0.717) is 42.1 Å². The summed E-state index contributed by atoms with van der Waals surface area (Å²) in [6.07, 6.45) is 0. The number of pyridine rings is 2. The van der Waals surface area contributed by atoms with E-state index in [9.17, 15) is 15.2 Å². The second kappa shape index (κ2) is 8.28. The minimum Gasteiger partial charge on any atom is -0.508 e. The Bertz CT molecular complexity index is 1240. The van der Waals surface area contributed by atoms with Gasteiger partial charge in [-0.3, -0.25) is 9.69 Å². The van der Waals surface area contributed by atoms with Crippen LogP contribution in [0.5, 0.6) is 11.5 Å². The van der Waals surface area contributed by atoms with Crippen molar-refractivity contribution in [1.82, 2.24) is 14.5 Å². The van der Waals surface area contributed by atoms with Crippen LogP contribution in [0.25, 0.3) is 11.0 Å². The molecular weight excluding hydrogens is 394 g/mol. The number of benzene rings is 1. The number of anilines is 1. The first-order chi connectivity index (χ1) is 14.9. The van der Waals surface area contributed by atoms with Crippen molar-refractivity contribution in [2.75, 3.05) is 38.2 Å². The maximum absolute atomic E-state index is 12.8. The topological polar surface area (TPSA) is 94.6 Å². The van der Waals surface area contributed by atoms with Gasteiger partial charge in [-0.1, -0.05) is 0 Å². The first kappa shape index (κ1) is 20.7. The van der Waals surface area contributed by atoms with Gasteiger partial charge in [-0.2, -0.15) is 5.26 Å². The predicted molar refractivity (Wildman–Crippen MR) is 119 cm³/mol. The van der Waals surface area contributed by atoms with Gasteiger partial charge in [-0.25, -0.2) is 4.98 Å². The molecule has 1 aliphatic heterocycles. The highest BCUT2D eigenvalue weighted by molar-refractivity contribution is 5.91. The lowest BCUT2D eigenvalue weighted by Gasteiger charge is -2.36. The van der Waals surface area contributed by atoms with Crippen molar-refractivity contribution in [1.29, 1.82) is 5.26 Å². The summed E-state index contributed by atoms with van der Waals surface area (Å²) in [5.41, 5.74) is 3.48. The number of aromatic nitrogens is 2. The van der Waals surface area contributed by atoms with E-state index in [0.717, 1.165) is 24.3 Å². The predicted octanol–water partition coefficient (Wildman–Crippen LogP) is 2.15. The molecule has 2 aromatic heterocycles. The highest BCUT2D eigenvalue weighted by atomic mass is 16.5. The zero-order valence-corrected chi connectivity index (χ0v) is 17.9. The molecule has 0 bridgehead atoms. The molecule has 0 amide bonds. The van der Waals surface area contributed by atoms with Gasteiger partial charge >= 0.3 is 0 Å². The average Bonchev–Trinajstić information content (AvgIpc) is 2.78. The Morgan fingerprint density at radius 3 is 2.61 bits per heavy atom. The first-order valence-corrected chi connectivity index (χ1v) is 10.2. The van der Waals surface area contributed by atoms with Crippen LogP contribution in [0.15, 0.2) is 35.1 Å². The number of phenols is 1. The molecule has 0 radical (unpaired) electrons. The lowest BCUT2D eigenvalue weighted by Crippen LogP contribution is -2.47. The van der Waals surface area contributed by atoms with Crippen molar-refractivity contribution >= 4 is 16.7 Å². The standard InChI is InChI=1S/C23H25N5O3/c1-15-4-6-19-21(25-15)22(18(13-24)23(30)26(19)2)28-10-8-27(9-11-28)14-16-12-17(31-3)5-7-20(16)29/h4-7,12,29H,8-11,14H2,1-3H3. The quantitative estimate of drug-likeness (QED) is 0.692. The maximum Gasteiger partial charge on any atom is 0.270 e. The fourth-order valence-electron chi connectivity index (χ4n) is 4.09. The fraction of sp³-hybridized carbons (Fsp3) is 0.348. The molecule has 31 heavy (non-hydrogen) atoms. The van der Waals surface area contributed by atoms with Gasteiger partial charge in [0.25, 0.3) is 5.56 Å². The number of phenolic OH excluding ortho intramolecular Hbond substituents is 1. The summed E-state index contributed by atoms with van der Waals surface area (Å²) in [5, 5.41) is 19.9. The third-order valence-corrected chi connectivity index (χ3v) is 5.84. The number of hydrogen-bond acceptors (Lipinski definition) is 7. The molecule has 160 valence electrons. The van der Waals surface area contributed by atoms with Crippen molar-refractivity contribution < 1.29 is 9.84 Å². The van der Waals surface area contributed by atoms with E-state index < -0.39 is 0 Å². The minimum atomic E-state index is -0.306. The number of ether oxygens (including phenoxy) is 1. The molecule has 4 rings (SSSR count). The third kappa shape index (κ3) is 3.80.